The highest BCUT2D eigenvalue weighted by atomic mass is 16.1. The fourth-order valence-electron chi connectivity index (χ4n) is 3.68. The van der Waals surface area contributed by atoms with Gasteiger partial charge in [-0.2, -0.15) is 0 Å². The molecule has 0 aliphatic heterocycles. The molecule has 0 saturated carbocycles. The van der Waals surface area contributed by atoms with Crippen LogP contribution in [0.2, 0.25) is 0 Å². The third-order valence-corrected chi connectivity index (χ3v) is 5.10. The summed E-state index contributed by atoms with van der Waals surface area (Å²) in [5.74, 6) is 0.837. The van der Waals surface area contributed by atoms with Crippen LogP contribution in [-0.4, -0.2) is 15.5 Å². The van der Waals surface area contributed by atoms with Gasteiger partial charge in [0.25, 0.3) is 5.91 Å². The fraction of sp³-hybridized carbons (Fsp3) is 0.200. The lowest BCUT2D eigenvalue weighted by Crippen LogP contribution is -2.30. The van der Waals surface area contributed by atoms with Crippen LogP contribution in [0.4, 0.5) is 0 Å². The molecule has 1 heterocycles. The summed E-state index contributed by atoms with van der Waals surface area (Å²) in [5, 5.41) is 3.22. The van der Waals surface area contributed by atoms with E-state index in [1.54, 1.807) is 0 Å². The minimum absolute atomic E-state index is 0.0673. The predicted octanol–water partition coefficient (Wildman–Crippen LogP) is 5.36. The second kappa shape index (κ2) is 8.74. The number of nitrogens with zero attached hydrogens (tertiary/aromatic N) is 2. The molecular formula is C25H25N3O. The van der Waals surface area contributed by atoms with Gasteiger partial charge in [0.2, 0.25) is 0 Å². The molecule has 0 fully saturated rings. The number of rotatable bonds is 7. The predicted molar refractivity (Wildman–Crippen MR) is 117 cm³/mol. The van der Waals surface area contributed by atoms with Gasteiger partial charge in [0.05, 0.1) is 17.1 Å². The van der Waals surface area contributed by atoms with E-state index in [0.717, 1.165) is 36.2 Å². The number of hydrogen-bond acceptors (Lipinski definition) is 2. The van der Waals surface area contributed by atoms with E-state index in [1.807, 2.05) is 54.6 Å². The largest absolute Gasteiger partial charge is 0.342 e. The minimum Gasteiger partial charge on any atom is -0.342 e. The molecule has 4 rings (SSSR count). The number of hydrogen-bond donors (Lipinski definition) is 1. The quantitative estimate of drug-likeness (QED) is 0.467. The highest BCUT2D eigenvalue weighted by Gasteiger charge is 2.22. The van der Waals surface area contributed by atoms with E-state index >= 15 is 0 Å². The molecule has 29 heavy (non-hydrogen) atoms. The molecule has 1 N–H and O–H groups in total. The Morgan fingerprint density at radius 1 is 0.931 bits per heavy atom. The maximum Gasteiger partial charge on any atom is 0.251 e. The summed E-state index contributed by atoms with van der Waals surface area (Å²) in [6.45, 7) is 2.85. The van der Waals surface area contributed by atoms with Gasteiger partial charge in [0.1, 0.15) is 5.82 Å². The summed E-state index contributed by atoms with van der Waals surface area (Å²) < 4.78 is 2.23. The molecule has 0 radical (unpaired) electrons. The number of para-hydroxylation sites is 2. The monoisotopic (exact) mass is 383 g/mol. The lowest BCUT2D eigenvalue weighted by Gasteiger charge is -2.20. The SMILES string of the molecule is CCCC(NC(=O)c1ccccc1)c1nc2ccccc2n1Cc1ccccc1. The van der Waals surface area contributed by atoms with Crippen molar-refractivity contribution in [3.05, 3.63) is 102 Å². The van der Waals surface area contributed by atoms with Crippen LogP contribution in [0.25, 0.3) is 11.0 Å². The molecule has 0 saturated heterocycles. The van der Waals surface area contributed by atoms with Crippen molar-refractivity contribution in [2.24, 2.45) is 0 Å². The van der Waals surface area contributed by atoms with E-state index in [9.17, 15) is 4.79 Å². The Bertz CT molecular complexity index is 1090. The fourth-order valence-corrected chi connectivity index (χ4v) is 3.68. The number of fused-ring (bicyclic) bond motifs is 1. The van der Waals surface area contributed by atoms with Crippen LogP contribution in [0.15, 0.2) is 84.9 Å². The molecule has 1 atom stereocenters. The first-order valence-corrected chi connectivity index (χ1v) is 10.1. The first-order chi connectivity index (χ1) is 14.3. The molecule has 3 aromatic carbocycles. The minimum atomic E-state index is -0.149. The van der Waals surface area contributed by atoms with Crippen LogP contribution in [-0.2, 0) is 6.54 Å². The Balaban J connectivity index is 1.73. The van der Waals surface area contributed by atoms with Crippen LogP contribution in [0.3, 0.4) is 0 Å². The van der Waals surface area contributed by atoms with Gasteiger partial charge in [-0.05, 0) is 36.2 Å². The highest BCUT2D eigenvalue weighted by molar-refractivity contribution is 5.94. The Morgan fingerprint density at radius 3 is 2.31 bits per heavy atom. The van der Waals surface area contributed by atoms with E-state index in [2.05, 4.69) is 47.1 Å². The van der Waals surface area contributed by atoms with Crippen molar-refractivity contribution < 1.29 is 4.79 Å². The molecular weight excluding hydrogens is 358 g/mol. The van der Waals surface area contributed by atoms with Crippen LogP contribution in [0.5, 0.6) is 0 Å². The highest BCUT2D eigenvalue weighted by Crippen LogP contribution is 2.25. The van der Waals surface area contributed by atoms with E-state index < -0.39 is 0 Å². The molecule has 1 unspecified atom stereocenters. The van der Waals surface area contributed by atoms with Crippen molar-refractivity contribution in [3.8, 4) is 0 Å². The first kappa shape index (κ1) is 18.9. The van der Waals surface area contributed by atoms with Crippen LogP contribution in [0, 0.1) is 0 Å². The van der Waals surface area contributed by atoms with E-state index in [0.29, 0.717) is 5.56 Å². The van der Waals surface area contributed by atoms with Crippen molar-refractivity contribution in [2.45, 2.75) is 32.4 Å². The van der Waals surface area contributed by atoms with Gasteiger partial charge in [-0.25, -0.2) is 4.98 Å². The smallest absolute Gasteiger partial charge is 0.251 e. The van der Waals surface area contributed by atoms with E-state index in [1.165, 1.54) is 5.56 Å². The topological polar surface area (TPSA) is 46.9 Å². The van der Waals surface area contributed by atoms with Crippen LogP contribution in [0.1, 0.15) is 47.6 Å². The summed E-state index contributed by atoms with van der Waals surface area (Å²) in [6, 6.07) is 27.7. The average molecular weight is 383 g/mol. The third-order valence-electron chi connectivity index (χ3n) is 5.10. The Morgan fingerprint density at radius 2 is 1.59 bits per heavy atom. The number of carbonyl (C=O) groups excluding carboxylic acids is 1. The normalized spacial score (nSPS) is 12.0. The second-order valence-electron chi connectivity index (χ2n) is 7.21. The molecule has 4 aromatic rings. The van der Waals surface area contributed by atoms with Crippen LogP contribution >= 0.6 is 0 Å². The van der Waals surface area contributed by atoms with Crippen molar-refractivity contribution in [1.29, 1.82) is 0 Å². The summed E-state index contributed by atoms with van der Waals surface area (Å²) in [6.07, 6.45) is 1.78. The molecule has 1 aromatic heterocycles. The van der Waals surface area contributed by atoms with Gasteiger partial charge >= 0.3 is 0 Å². The summed E-state index contributed by atoms with van der Waals surface area (Å²) >= 11 is 0. The molecule has 4 heteroatoms. The van der Waals surface area contributed by atoms with E-state index in [-0.39, 0.29) is 11.9 Å². The Hall–Kier alpha value is -3.40. The number of amides is 1. The molecule has 4 nitrogen and oxygen atoms in total. The lowest BCUT2D eigenvalue weighted by molar-refractivity contribution is 0.0932. The third kappa shape index (κ3) is 4.21. The summed E-state index contributed by atoms with van der Waals surface area (Å²) in [7, 11) is 0. The maximum absolute atomic E-state index is 12.8. The number of imidazole rings is 1. The molecule has 146 valence electrons. The number of nitrogens with one attached hydrogen (secondary N) is 1. The van der Waals surface area contributed by atoms with Crippen molar-refractivity contribution in [3.63, 3.8) is 0 Å². The zero-order valence-electron chi connectivity index (χ0n) is 16.6. The zero-order valence-corrected chi connectivity index (χ0v) is 16.6. The van der Waals surface area contributed by atoms with Gasteiger partial charge in [0.15, 0.2) is 0 Å². The standard InChI is InChI=1S/C25H25N3O/c1-2-11-22(27-25(29)20-14-7-4-8-15-20)24-26-21-16-9-10-17-23(21)28(24)18-19-12-5-3-6-13-19/h3-10,12-17,22H,2,11,18H2,1H3,(H,27,29). The summed E-state index contributed by atoms with van der Waals surface area (Å²) in [5.41, 5.74) is 3.91. The maximum atomic E-state index is 12.8. The second-order valence-corrected chi connectivity index (χ2v) is 7.21. The van der Waals surface area contributed by atoms with Gasteiger partial charge < -0.3 is 9.88 Å². The lowest BCUT2D eigenvalue weighted by atomic mass is 10.1. The first-order valence-electron chi connectivity index (χ1n) is 10.1. The molecule has 0 aliphatic carbocycles. The van der Waals surface area contributed by atoms with Gasteiger partial charge in [-0.15, -0.1) is 0 Å². The van der Waals surface area contributed by atoms with Crippen molar-refractivity contribution in [2.75, 3.05) is 0 Å². The number of aromatic nitrogens is 2. The molecule has 0 spiro atoms. The van der Waals surface area contributed by atoms with Gasteiger partial charge in [-0.1, -0.05) is 74.0 Å². The Kier molecular flexibility index (Phi) is 5.71. The average Bonchev–Trinajstić information content (AvgIpc) is 3.13. The number of carbonyl (C=O) groups is 1. The Labute approximate surface area is 171 Å². The zero-order chi connectivity index (χ0) is 20.1. The molecule has 0 aliphatic rings. The number of benzene rings is 3. The van der Waals surface area contributed by atoms with Gasteiger partial charge in [0, 0.05) is 12.1 Å². The van der Waals surface area contributed by atoms with Crippen molar-refractivity contribution in [1.82, 2.24) is 14.9 Å². The van der Waals surface area contributed by atoms with Crippen molar-refractivity contribution >= 4 is 16.9 Å². The summed E-state index contributed by atoms with van der Waals surface area (Å²) in [4.78, 5) is 17.8. The van der Waals surface area contributed by atoms with Crippen LogP contribution < -0.4 is 5.32 Å². The van der Waals surface area contributed by atoms with Gasteiger partial charge in [-0.3, -0.25) is 4.79 Å². The molecule has 0 bridgehead atoms. The van der Waals surface area contributed by atoms with E-state index in [4.69, 9.17) is 4.98 Å². The molecule has 1 amide bonds.